The van der Waals surface area contributed by atoms with E-state index in [4.69, 9.17) is 14.2 Å². The molecule has 12 rings (SSSR count). The minimum Gasteiger partial charge on any atom is -0.490 e. The normalized spacial score (nSPS) is 11.4. The molecule has 0 spiro atoms. The maximum Gasteiger partial charge on any atom is 0.335 e. The first-order valence-corrected chi connectivity index (χ1v) is 26.7. The van der Waals surface area contributed by atoms with Crippen LogP contribution in [-0.2, 0) is 22.4 Å². The van der Waals surface area contributed by atoms with Crippen molar-refractivity contribution in [3.05, 3.63) is 218 Å². The van der Waals surface area contributed by atoms with Gasteiger partial charge in [-0.25, -0.2) is 9.59 Å². The molecule has 8 heteroatoms. The van der Waals surface area contributed by atoms with Crippen molar-refractivity contribution < 1.29 is 23.8 Å². The summed E-state index contributed by atoms with van der Waals surface area (Å²) in [6.07, 6.45) is 6.09. The highest BCUT2D eigenvalue weighted by atomic mass is 32.2. The maximum atomic E-state index is 11.7. The summed E-state index contributed by atoms with van der Waals surface area (Å²) in [6.45, 7) is 7.47. The molecule has 72 heavy (non-hydrogen) atoms. The van der Waals surface area contributed by atoms with Gasteiger partial charge in [-0.3, -0.25) is 0 Å². The number of carbonyl (C=O) groups is 2. The lowest BCUT2D eigenvalue weighted by Gasteiger charge is -2.11. The zero-order chi connectivity index (χ0) is 49.0. The fourth-order valence-corrected chi connectivity index (χ4v) is 13.3. The van der Waals surface area contributed by atoms with Gasteiger partial charge < -0.3 is 14.2 Å². The van der Waals surface area contributed by atoms with Crippen LogP contribution >= 0.6 is 34.4 Å². The lowest BCUT2D eigenvalue weighted by molar-refractivity contribution is -0.130. The molecule has 2 aromatic heterocycles. The number of thioether (sulfide) groups is 1. The van der Waals surface area contributed by atoms with Crippen molar-refractivity contribution >= 4 is 130 Å². The second kappa shape index (κ2) is 20.9. The van der Waals surface area contributed by atoms with Gasteiger partial charge >= 0.3 is 11.9 Å². The Kier molecular flexibility index (Phi) is 13.5. The van der Waals surface area contributed by atoms with Gasteiger partial charge in [-0.15, -0.1) is 34.4 Å². The summed E-state index contributed by atoms with van der Waals surface area (Å²) in [5, 5.41) is 15.8. The Labute approximate surface area is 429 Å². The highest BCUT2D eigenvalue weighted by molar-refractivity contribution is 7.99. The molecule has 0 aliphatic rings. The molecule has 5 nitrogen and oxygen atoms in total. The van der Waals surface area contributed by atoms with E-state index in [1.165, 1.54) is 101 Å². The Morgan fingerprint density at radius 1 is 0.458 bits per heavy atom. The van der Waals surface area contributed by atoms with E-state index in [-0.39, 0.29) is 0 Å². The number of carbonyl (C=O) groups excluding carboxylic acids is 2. The number of ether oxygens (including phenoxy) is 3. The molecule has 0 bridgehead atoms. The molecule has 0 N–H and O–H groups in total. The highest BCUT2D eigenvalue weighted by Gasteiger charge is 2.18. The van der Waals surface area contributed by atoms with Crippen LogP contribution in [0.3, 0.4) is 0 Å². The molecule has 0 saturated carbocycles. The van der Waals surface area contributed by atoms with Crippen LogP contribution in [0.5, 0.6) is 17.2 Å². The van der Waals surface area contributed by atoms with E-state index in [1.54, 1.807) is 17.8 Å². The number of benzene rings is 10. The van der Waals surface area contributed by atoms with Crippen LogP contribution in [0.1, 0.15) is 24.0 Å². The lowest BCUT2D eigenvalue weighted by atomic mass is 9.96. The van der Waals surface area contributed by atoms with Crippen molar-refractivity contribution in [2.45, 2.75) is 30.6 Å². The predicted octanol–water partition coefficient (Wildman–Crippen LogP) is 17.6. The molecule has 0 saturated heterocycles. The van der Waals surface area contributed by atoms with Gasteiger partial charge in [-0.1, -0.05) is 147 Å². The SMILES string of the molecule is C=CC(=O)Oc1ccccc1OCCCc1cc2ccccc2c2c1sc1ccc3ccccc3c12.C=CC(=O)Oc1ccccc1SCCCc1cc2ccccc2c2c1sc1ccc3ccccc3c12. The van der Waals surface area contributed by atoms with Crippen LogP contribution in [0, 0.1) is 0 Å². The molecule has 0 radical (unpaired) electrons. The Hall–Kier alpha value is -7.75. The number of hydrogen-bond donors (Lipinski definition) is 0. The third kappa shape index (κ3) is 9.33. The van der Waals surface area contributed by atoms with Crippen LogP contribution < -0.4 is 14.2 Å². The molecule has 0 unspecified atom stereocenters. The van der Waals surface area contributed by atoms with Gasteiger partial charge in [-0.05, 0) is 134 Å². The van der Waals surface area contributed by atoms with Crippen LogP contribution in [0.15, 0.2) is 212 Å². The first-order chi connectivity index (χ1) is 35.4. The Balaban J connectivity index is 0.000000156. The number of para-hydroxylation sites is 3. The molecule has 2 heterocycles. The standard InChI is InChI=1S/C32H24O3S.C32H24O2S2/c1-2-29(33)35-27-16-8-7-15-26(27)34-19-9-12-23-20-22-11-4-6-14-25(22)31-30-24-13-5-3-10-21(24)17-18-28(30)36-32(23)31;1-2-29(33)34-26-15-7-8-16-27(26)35-19-9-12-23-20-22-11-4-6-14-25(22)31-30-24-13-5-3-10-21(24)17-18-28(30)36-32(23)31/h2*2-8,10-11,13-18,20H,1,9,12,19H2. The Morgan fingerprint density at radius 2 is 0.889 bits per heavy atom. The summed E-state index contributed by atoms with van der Waals surface area (Å²) >= 11 is 5.51. The minimum absolute atomic E-state index is 0.409. The summed E-state index contributed by atoms with van der Waals surface area (Å²) in [6, 6.07) is 63.4. The Morgan fingerprint density at radius 3 is 1.43 bits per heavy atom. The number of esters is 2. The number of fused-ring (bicyclic) bond motifs is 14. The largest absolute Gasteiger partial charge is 0.490 e. The van der Waals surface area contributed by atoms with Crippen LogP contribution in [0.2, 0.25) is 0 Å². The van der Waals surface area contributed by atoms with E-state index < -0.39 is 11.9 Å². The molecule has 352 valence electrons. The average molecular weight is 993 g/mol. The van der Waals surface area contributed by atoms with E-state index in [9.17, 15) is 9.59 Å². The number of hydrogen-bond acceptors (Lipinski definition) is 8. The maximum absolute atomic E-state index is 11.7. The quantitative estimate of drug-likeness (QED) is 0.0356. The van der Waals surface area contributed by atoms with Gasteiger partial charge in [0.25, 0.3) is 0 Å². The van der Waals surface area contributed by atoms with Gasteiger partial charge in [-0.2, -0.15) is 0 Å². The van der Waals surface area contributed by atoms with Gasteiger partial charge in [0.15, 0.2) is 11.5 Å². The van der Waals surface area contributed by atoms with Crippen molar-refractivity contribution in [1.29, 1.82) is 0 Å². The van der Waals surface area contributed by atoms with Crippen molar-refractivity contribution in [2.24, 2.45) is 0 Å². The Bertz CT molecular complexity index is 3790. The zero-order valence-electron chi connectivity index (χ0n) is 39.4. The van der Waals surface area contributed by atoms with Crippen molar-refractivity contribution in [1.82, 2.24) is 0 Å². The molecule has 10 aromatic carbocycles. The van der Waals surface area contributed by atoms with E-state index in [1.807, 2.05) is 65.1 Å². The number of thiophene rings is 2. The number of rotatable bonds is 14. The van der Waals surface area contributed by atoms with Crippen LogP contribution in [-0.4, -0.2) is 24.3 Å². The second-order valence-corrected chi connectivity index (χ2v) is 20.7. The van der Waals surface area contributed by atoms with Crippen molar-refractivity contribution in [3.63, 3.8) is 0 Å². The first kappa shape index (κ1) is 46.6. The third-order valence-electron chi connectivity index (χ3n) is 13.0. The van der Waals surface area contributed by atoms with Crippen LogP contribution in [0.25, 0.3) is 83.4 Å². The third-order valence-corrected chi connectivity index (χ3v) is 16.6. The van der Waals surface area contributed by atoms with Crippen LogP contribution in [0.4, 0.5) is 0 Å². The molecule has 0 aliphatic carbocycles. The molecule has 0 fully saturated rings. The summed E-state index contributed by atoms with van der Waals surface area (Å²) in [7, 11) is 0. The molecule has 0 atom stereocenters. The van der Waals surface area contributed by atoms with Crippen molar-refractivity contribution in [3.8, 4) is 17.2 Å². The number of aryl methyl sites for hydroxylation is 2. The molecule has 12 aromatic rings. The molecule has 0 amide bonds. The van der Waals surface area contributed by atoms with E-state index in [0.717, 1.165) is 42.4 Å². The van der Waals surface area contributed by atoms with E-state index in [2.05, 4.69) is 147 Å². The molecule has 0 aliphatic heterocycles. The van der Waals surface area contributed by atoms with E-state index >= 15 is 0 Å². The minimum atomic E-state index is -0.498. The summed E-state index contributed by atoms with van der Waals surface area (Å²) < 4.78 is 22.1. The van der Waals surface area contributed by atoms with Crippen molar-refractivity contribution in [2.75, 3.05) is 12.4 Å². The summed E-state index contributed by atoms with van der Waals surface area (Å²) in [5.41, 5.74) is 2.74. The molecular formula is C64H48O5S3. The fourth-order valence-electron chi connectivity index (χ4n) is 9.78. The van der Waals surface area contributed by atoms with Gasteiger partial charge in [0.2, 0.25) is 0 Å². The topological polar surface area (TPSA) is 61.8 Å². The lowest BCUT2D eigenvalue weighted by Crippen LogP contribution is -2.06. The summed E-state index contributed by atoms with van der Waals surface area (Å²) in [4.78, 5) is 24.3. The van der Waals surface area contributed by atoms with Gasteiger partial charge in [0.1, 0.15) is 5.75 Å². The average Bonchev–Trinajstić information content (AvgIpc) is 4.03. The second-order valence-electron chi connectivity index (χ2n) is 17.5. The molecular weight excluding hydrogens is 945 g/mol. The smallest absolute Gasteiger partial charge is 0.335 e. The monoisotopic (exact) mass is 992 g/mol. The fraction of sp³-hybridized carbons (Fsp3) is 0.0938. The van der Waals surface area contributed by atoms with Gasteiger partial charge in [0, 0.05) is 52.5 Å². The first-order valence-electron chi connectivity index (χ1n) is 24.1. The summed E-state index contributed by atoms with van der Waals surface area (Å²) in [5.74, 6) is 1.57. The zero-order valence-corrected chi connectivity index (χ0v) is 41.8. The van der Waals surface area contributed by atoms with E-state index in [0.29, 0.717) is 23.9 Å². The predicted molar refractivity (Wildman–Crippen MR) is 306 cm³/mol. The highest BCUT2D eigenvalue weighted by Crippen LogP contribution is 2.46. The van der Waals surface area contributed by atoms with Gasteiger partial charge in [0.05, 0.1) is 11.5 Å².